The topological polar surface area (TPSA) is 24.1 Å². The molecule has 5 heteroatoms. The Labute approximate surface area is 114 Å². The highest BCUT2D eigenvalue weighted by atomic mass is 35.5. The zero-order chi connectivity index (χ0) is 9.64. The molecule has 1 fully saturated rings. The van der Waals surface area contributed by atoms with Crippen LogP contribution in [-0.2, 0) is 6.54 Å². The van der Waals surface area contributed by atoms with Crippen LogP contribution in [-0.4, -0.2) is 19.6 Å². The molecule has 16 heavy (non-hydrogen) atoms. The Bertz CT molecular complexity index is 248. The molecule has 1 saturated heterocycles. The van der Waals surface area contributed by atoms with Gasteiger partial charge in [-0.3, -0.25) is 0 Å². The van der Waals surface area contributed by atoms with Crippen LogP contribution in [0.2, 0.25) is 0 Å². The fourth-order valence-electron chi connectivity index (χ4n) is 1.90. The van der Waals surface area contributed by atoms with Gasteiger partial charge in [-0.1, -0.05) is 6.07 Å². The monoisotopic (exact) mass is 280 g/mol. The van der Waals surface area contributed by atoms with Crippen LogP contribution in [0.1, 0.15) is 17.7 Å². The van der Waals surface area contributed by atoms with Gasteiger partial charge in [0.05, 0.1) is 0 Å². The first-order valence-electron chi connectivity index (χ1n) is 5.39. The molecule has 1 aliphatic rings. The lowest BCUT2D eigenvalue weighted by Crippen LogP contribution is -3.00. The number of rotatable bonds is 4. The van der Waals surface area contributed by atoms with Gasteiger partial charge in [-0.2, -0.15) is 0 Å². The summed E-state index contributed by atoms with van der Waals surface area (Å²) in [5.41, 5.74) is 0. The molecule has 1 aliphatic heterocycles. The fraction of sp³-hybridized carbons (Fsp3) is 0.636. The minimum Gasteiger partial charge on any atom is -1.00 e. The van der Waals surface area contributed by atoms with Crippen LogP contribution in [0.25, 0.3) is 0 Å². The van der Waals surface area contributed by atoms with Gasteiger partial charge in [-0.25, -0.2) is 0 Å². The lowest BCUT2D eigenvalue weighted by molar-refractivity contribution is -0.001000. The zero-order valence-electron chi connectivity index (χ0n) is 9.22. The van der Waals surface area contributed by atoms with Crippen LogP contribution in [0.15, 0.2) is 17.5 Å². The van der Waals surface area contributed by atoms with E-state index in [0.29, 0.717) is 0 Å². The van der Waals surface area contributed by atoms with Gasteiger partial charge in [0.15, 0.2) is 0 Å². The molecular weight excluding hydrogens is 263 g/mol. The van der Waals surface area contributed by atoms with Crippen molar-refractivity contribution in [2.24, 2.45) is 5.92 Å². The summed E-state index contributed by atoms with van der Waals surface area (Å²) >= 11 is 1.83. The lowest BCUT2D eigenvalue weighted by atomic mass is 9.98. The summed E-state index contributed by atoms with van der Waals surface area (Å²) in [5, 5.41) is 9.07. The SMILES string of the molecule is [Cl-].[Cl-].c1csc(CNCC2CCNCC2)c1. The van der Waals surface area contributed by atoms with Crippen molar-refractivity contribution in [3.8, 4) is 0 Å². The summed E-state index contributed by atoms with van der Waals surface area (Å²) in [4.78, 5) is 1.44. The largest absolute Gasteiger partial charge is 1.00 e. The molecule has 2 rings (SSSR count). The molecule has 0 bridgehead atoms. The molecule has 1 aromatic heterocycles. The van der Waals surface area contributed by atoms with Gasteiger partial charge < -0.3 is 35.4 Å². The van der Waals surface area contributed by atoms with Crippen molar-refractivity contribution in [3.63, 3.8) is 0 Å². The van der Waals surface area contributed by atoms with E-state index in [-0.39, 0.29) is 24.8 Å². The Morgan fingerprint density at radius 3 is 2.69 bits per heavy atom. The van der Waals surface area contributed by atoms with Gasteiger partial charge in [-0.15, -0.1) is 11.3 Å². The first kappa shape index (κ1) is 16.2. The van der Waals surface area contributed by atoms with Gasteiger partial charge in [0, 0.05) is 11.4 Å². The van der Waals surface area contributed by atoms with E-state index in [4.69, 9.17) is 0 Å². The molecule has 0 spiro atoms. The van der Waals surface area contributed by atoms with Gasteiger partial charge in [0.25, 0.3) is 0 Å². The van der Waals surface area contributed by atoms with Crippen LogP contribution in [0.3, 0.4) is 0 Å². The van der Waals surface area contributed by atoms with Crippen molar-refractivity contribution < 1.29 is 24.8 Å². The van der Waals surface area contributed by atoms with Crippen molar-refractivity contribution in [1.29, 1.82) is 0 Å². The van der Waals surface area contributed by atoms with Gasteiger partial charge in [0.1, 0.15) is 0 Å². The third-order valence-corrected chi connectivity index (χ3v) is 3.65. The molecule has 0 aliphatic carbocycles. The van der Waals surface area contributed by atoms with E-state index < -0.39 is 0 Å². The Morgan fingerprint density at radius 2 is 2.06 bits per heavy atom. The summed E-state index contributed by atoms with van der Waals surface area (Å²) in [6.45, 7) is 4.62. The maximum Gasteiger partial charge on any atom is 0.0299 e. The molecule has 2 N–H and O–H groups in total. The van der Waals surface area contributed by atoms with Crippen LogP contribution in [0, 0.1) is 5.92 Å². The van der Waals surface area contributed by atoms with E-state index in [0.717, 1.165) is 12.5 Å². The predicted molar refractivity (Wildman–Crippen MR) is 61.6 cm³/mol. The molecule has 0 unspecified atom stereocenters. The van der Waals surface area contributed by atoms with E-state index >= 15 is 0 Å². The highest BCUT2D eigenvalue weighted by molar-refractivity contribution is 7.09. The second-order valence-electron chi connectivity index (χ2n) is 3.90. The molecule has 0 atom stereocenters. The average molecular weight is 281 g/mol. The van der Waals surface area contributed by atoms with Gasteiger partial charge in [0.2, 0.25) is 0 Å². The maximum absolute atomic E-state index is 3.54. The predicted octanol–water partition coefficient (Wildman–Crippen LogP) is -4.15. The number of piperidine rings is 1. The Kier molecular flexibility index (Phi) is 9.37. The molecule has 94 valence electrons. The first-order chi connectivity index (χ1) is 6.95. The van der Waals surface area contributed by atoms with Crippen molar-refractivity contribution in [1.82, 2.24) is 10.6 Å². The lowest BCUT2D eigenvalue weighted by Gasteiger charge is -2.22. The van der Waals surface area contributed by atoms with Crippen molar-refractivity contribution >= 4 is 11.3 Å². The summed E-state index contributed by atoms with van der Waals surface area (Å²) < 4.78 is 0. The zero-order valence-corrected chi connectivity index (χ0v) is 11.5. The summed E-state index contributed by atoms with van der Waals surface area (Å²) in [6.07, 6.45) is 2.66. The van der Waals surface area contributed by atoms with E-state index in [1.807, 2.05) is 11.3 Å². The van der Waals surface area contributed by atoms with Gasteiger partial charge in [-0.05, 0) is 49.8 Å². The maximum atomic E-state index is 3.54. The standard InChI is InChI=1S/C11H18N2S.2ClH/c1-2-11(14-7-1)9-13-8-10-3-5-12-6-4-10;;/h1-2,7,10,12-13H,3-6,8-9H2;2*1H/p-2. The smallest absolute Gasteiger partial charge is 0.0299 e. The summed E-state index contributed by atoms with van der Waals surface area (Å²) in [6, 6.07) is 4.31. The molecule has 2 nitrogen and oxygen atoms in total. The van der Waals surface area contributed by atoms with Crippen LogP contribution >= 0.6 is 11.3 Å². The molecule has 0 saturated carbocycles. The van der Waals surface area contributed by atoms with Crippen molar-refractivity contribution in [3.05, 3.63) is 22.4 Å². The first-order valence-corrected chi connectivity index (χ1v) is 6.27. The summed E-state index contributed by atoms with van der Waals surface area (Å²) in [7, 11) is 0. The molecular formula is C11H18Cl2N2S-2. The second kappa shape index (κ2) is 9.25. The minimum atomic E-state index is 0. The van der Waals surface area contributed by atoms with E-state index in [2.05, 4.69) is 28.1 Å². The molecule has 2 heterocycles. The minimum absolute atomic E-state index is 0. The molecule has 1 aromatic rings. The highest BCUT2D eigenvalue weighted by Gasteiger charge is 2.11. The van der Waals surface area contributed by atoms with Crippen LogP contribution in [0.5, 0.6) is 0 Å². The molecule has 0 aromatic carbocycles. The van der Waals surface area contributed by atoms with E-state index in [1.165, 1.54) is 37.4 Å². The van der Waals surface area contributed by atoms with Crippen molar-refractivity contribution in [2.75, 3.05) is 19.6 Å². The number of thiophene rings is 1. The Morgan fingerprint density at radius 1 is 1.31 bits per heavy atom. The van der Waals surface area contributed by atoms with Crippen LogP contribution < -0.4 is 35.4 Å². The molecule has 0 radical (unpaired) electrons. The summed E-state index contributed by atoms with van der Waals surface area (Å²) in [5.74, 6) is 0.885. The third kappa shape index (κ3) is 5.51. The number of hydrogen-bond donors (Lipinski definition) is 2. The normalized spacial score (nSPS) is 16.2. The third-order valence-electron chi connectivity index (χ3n) is 2.77. The number of hydrogen-bond acceptors (Lipinski definition) is 3. The Hall–Kier alpha value is 0.200. The Balaban J connectivity index is 0.00000112. The highest BCUT2D eigenvalue weighted by Crippen LogP contribution is 2.11. The van der Waals surface area contributed by atoms with E-state index in [1.54, 1.807) is 0 Å². The average Bonchev–Trinajstić information content (AvgIpc) is 2.72. The van der Waals surface area contributed by atoms with E-state index in [9.17, 15) is 0 Å². The van der Waals surface area contributed by atoms with Gasteiger partial charge >= 0.3 is 0 Å². The number of nitrogens with one attached hydrogen (secondary N) is 2. The van der Waals surface area contributed by atoms with Crippen LogP contribution in [0.4, 0.5) is 0 Å². The van der Waals surface area contributed by atoms with Crippen molar-refractivity contribution in [2.45, 2.75) is 19.4 Å². The second-order valence-corrected chi connectivity index (χ2v) is 4.94. The fourth-order valence-corrected chi connectivity index (χ4v) is 2.57. The molecule has 0 amide bonds. The number of halogens is 2. The quantitative estimate of drug-likeness (QED) is 0.585.